The maximum Gasteiger partial charge on any atom is 0.128 e. The number of aromatic nitrogens is 1. The minimum absolute atomic E-state index is 0.816. The van der Waals surface area contributed by atoms with Gasteiger partial charge in [0, 0.05) is 30.0 Å². The van der Waals surface area contributed by atoms with Crippen molar-refractivity contribution in [2.75, 3.05) is 31.2 Å². The molecule has 136 valence electrons. The van der Waals surface area contributed by atoms with Crippen molar-refractivity contribution in [2.24, 2.45) is 4.99 Å². The van der Waals surface area contributed by atoms with E-state index >= 15 is 0 Å². The Balaban J connectivity index is 0. The molecule has 1 aliphatic heterocycles. The van der Waals surface area contributed by atoms with Gasteiger partial charge in [-0.1, -0.05) is 45.9 Å². The Hall–Kier alpha value is -1.46. The molecule has 0 amide bonds. The van der Waals surface area contributed by atoms with E-state index < -0.39 is 0 Å². The minimum atomic E-state index is 0.816. The summed E-state index contributed by atoms with van der Waals surface area (Å²) in [5, 5.41) is 0. The van der Waals surface area contributed by atoms with Crippen LogP contribution in [0.4, 0.5) is 5.82 Å². The normalized spacial score (nSPS) is 13.6. The lowest BCUT2D eigenvalue weighted by molar-refractivity contribution is 0.122. The maximum atomic E-state index is 5.25. The molecule has 2 heterocycles. The second-order valence-corrected chi connectivity index (χ2v) is 4.90. The highest BCUT2D eigenvalue weighted by Gasteiger charge is 2.10. The molecule has 0 aromatic carbocycles. The molecule has 2 rings (SSSR count). The highest BCUT2D eigenvalue weighted by atomic mass is 79.9. The van der Waals surface area contributed by atoms with Crippen molar-refractivity contribution in [1.82, 2.24) is 4.98 Å². The van der Waals surface area contributed by atoms with Crippen LogP contribution in [0.25, 0.3) is 0 Å². The Morgan fingerprint density at radius 1 is 1.25 bits per heavy atom. The summed E-state index contributed by atoms with van der Waals surface area (Å²) in [6.07, 6.45) is 7.28. The molecule has 0 saturated carbocycles. The molecule has 1 saturated heterocycles. The number of hydrogen-bond donors (Lipinski definition) is 0. The predicted octanol–water partition coefficient (Wildman–Crippen LogP) is 5.47. The molecule has 5 heteroatoms. The van der Waals surface area contributed by atoms with Gasteiger partial charge in [-0.2, -0.15) is 0 Å². The monoisotopic (exact) mass is 397 g/mol. The number of morpholine rings is 1. The van der Waals surface area contributed by atoms with Crippen molar-refractivity contribution >= 4 is 28.5 Å². The van der Waals surface area contributed by atoms with E-state index in [0.717, 1.165) is 36.6 Å². The van der Waals surface area contributed by atoms with E-state index in [9.17, 15) is 0 Å². The molecular weight excluding hydrogens is 366 g/mol. The smallest absolute Gasteiger partial charge is 0.128 e. The third-order valence-corrected chi connectivity index (χ3v) is 2.99. The van der Waals surface area contributed by atoms with E-state index in [1.165, 1.54) is 0 Å². The third-order valence-electron chi connectivity index (χ3n) is 2.52. The first kappa shape index (κ1) is 24.8. The lowest BCUT2D eigenvalue weighted by Crippen LogP contribution is -2.36. The summed E-state index contributed by atoms with van der Waals surface area (Å²) in [5.74, 6) is 1.06. The van der Waals surface area contributed by atoms with E-state index in [1.807, 2.05) is 71.2 Å². The van der Waals surface area contributed by atoms with E-state index in [2.05, 4.69) is 37.5 Å². The van der Waals surface area contributed by atoms with E-state index in [4.69, 9.17) is 4.74 Å². The molecule has 0 unspecified atom stereocenters. The summed E-state index contributed by atoms with van der Waals surface area (Å²) >= 11 is 3.24. The molecule has 4 nitrogen and oxygen atoms in total. The number of ether oxygens (including phenoxy) is 1. The second-order valence-electron chi connectivity index (χ2n) is 3.98. The number of halogens is 1. The van der Waals surface area contributed by atoms with Crippen LogP contribution in [0.2, 0.25) is 0 Å². The fourth-order valence-electron chi connectivity index (χ4n) is 1.62. The summed E-state index contributed by atoms with van der Waals surface area (Å²) in [6.45, 7) is 16.8. The van der Waals surface area contributed by atoms with Gasteiger partial charge in [-0.05, 0) is 41.7 Å². The van der Waals surface area contributed by atoms with Crippen LogP contribution in [-0.4, -0.2) is 38.0 Å². The first-order valence-corrected chi connectivity index (χ1v) is 9.25. The summed E-state index contributed by atoms with van der Waals surface area (Å²) in [6, 6.07) is 5.98. The zero-order valence-corrected chi connectivity index (χ0v) is 17.3. The van der Waals surface area contributed by atoms with Crippen LogP contribution < -0.4 is 4.90 Å². The van der Waals surface area contributed by atoms with Crippen LogP contribution in [0.3, 0.4) is 0 Å². The number of rotatable bonds is 3. The van der Waals surface area contributed by atoms with Crippen molar-refractivity contribution in [2.45, 2.75) is 34.6 Å². The molecule has 0 N–H and O–H groups in total. The van der Waals surface area contributed by atoms with Gasteiger partial charge in [0.1, 0.15) is 5.82 Å². The molecule has 1 aliphatic rings. The lowest BCUT2D eigenvalue weighted by Gasteiger charge is -2.27. The summed E-state index contributed by atoms with van der Waals surface area (Å²) in [4.78, 5) is 10.1. The number of allylic oxidation sites excluding steroid dienone is 3. The van der Waals surface area contributed by atoms with Gasteiger partial charge in [0.05, 0.1) is 13.2 Å². The lowest BCUT2D eigenvalue weighted by atomic mass is 10.4. The van der Waals surface area contributed by atoms with Crippen molar-refractivity contribution < 1.29 is 4.74 Å². The number of hydrogen-bond acceptors (Lipinski definition) is 4. The van der Waals surface area contributed by atoms with E-state index in [1.54, 1.807) is 6.20 Å². The van der Waals surface area contributed by atoms with Gasteiger partial charge in [-0.3, -0.25) is 4.99 Å². The molecule has 1 aromatic rings. The van der Waals surface area contributed by atoms with Crippen LogP contribution in [0.15, 0.2) is 52.2 Å². The van der Waals surface area contributed by atoms with Gasteiger partial charge >= 0.3 is 0 Å². The molecule has 0 atom stereocenters. The van der Waals surface area contributed by atoms with Crippen LogP contribution in [0.1, 0.15) is 34.6 Å². The Morgan fingerprint density at radius 3 is 2.33 bits per heavy atom. The molecule has 1 aromatic heterocycles. The molecule has 24 heavy (non-hydrogen) atoms. The SMILES string of the molecule is C=N/C=C(Br)\C=C/C.CC.CC.c1ccc(N2CCOCC2)nc1. The van der Waals surface area contributed by atoms with Gasteiger partial charge in [0.25, 0.3) is 0 Å². The Kier molecular flexibility index (Phi) is 20.2. The standard InChI is InChI=1S/C9H12N2O.C6H8BrN.2C2H6/c1-2-4-10-9(3-1)11-5-7-12-8-6-11;1-3-4-6(7)5-8-2;2*1-2/h1-4H,5-8H2;3-5H,2H2,1H3;2*1-2H3/b;4-3-,6-5+;;. The molecule has 0 radical (unpaired) electrons. The van der Waals surface area contributed by atoms with Gasteiger partial charge < -0.3 is 9.64 Å². The van der Waals surface area contributed by atoms with Crippen molar-refractivity contribution in [3.8, 4) is 0 Å². The highest BCUT2D eigenvalue weighted by molar-refractivity contribution is 9.11. The van der Waals surface area contributed by atoms with Crippen molar-refractivity contribution in [1.29, 1.82) is 0 Å². The number of nitrogens with zero attached hydrogens (tertiary/aromatic N) is 3. The van der Waals surface area contributed by atoms with Crippen LogP contribution in [0.5, 0.6) is 0 Å². The number of pyridine rings is 1. The fourth-order valence-corrected chi connectivity index (χ4v) is 2.03. The van der Waals surface area contributed by atoms with Crippen molar-refractivity contribution in [3.05, 3.63) is 47.2 Å². The van der Waals surface area contributed by atoms with E-state index in [-0.39, 0.29) is 0 Å². The minimum Gasteiger partial charge on any atom is -0.378 e. The topological polar surface area (TPSA) is 37.7 Å². The average Bonchev–Trinajstić information content (AvgIpc) is 2.67. The first-order valence-electron chi connectivity index (χ1n) is 8.46. The zero-order valence-electron chi connectivity index (χ0n) is 15.7. The maximum absolute atomic E-state index is 5.25. The van der Waals surface area contributed by atoms with Crippen LogP contribution in [-0.2, 0) is 4.74 Å². The van der Waals surface area contributed by atoms with Gasteiger partial charge in [0.15, 0.2) is 0 Å². The Morgan fingerprint density at radius 2 is 1.88 bits per heavy atom. The molecule has 0 bridgehead atoms. The first-order chi connectivity index (χ1) is 11.8. The van der Waals surface area contributed by atoms with Crippen LogP contribution >= 0.6 is 15.9 Å². The van der Waals surface area contributed by atoms with Crippen LogP contribution in [0, 0.1) is 0 Å². The molecule has 0 aliphatic carbocycles. The third kappa shape index (κ3) is 13.0. The Bertz CT molecular complexity index is 441. The van der Waals surface area contributed by atoms with Gasteiger partial charge in [0.2, 0.25) is 0 Å². The van der Waals surface area contributed by atoms with Gasteiger partial charge in [-0.25, -0.2) is 4.98 Å². The second kappa shape index (κ2) is 19.6. The average molecular weight is 398 g/mol. The Labute approximate surface area is 156 Å². The molecular formula is C19H32BrN3O. The quantitative estimate of drug-likeness (QED) is 0.501. The molecule has 0 spiro atoms. The highest BCUT2D eigenvalue weighted by Crippen LogP contribution is 2.10. The number of anilines is 1. The largest absolute Gasteiger partial charge is 0.378 e. The molecule has 1 fully saturated rings. The fraction of sp³-hybridized carbons (Fsp3) is 0.474. The summed E-state index contributed by atoms with van der Waals surface area (Å²) < 4.78 is 6.19. The zero-order chi connectivity index (χ0) is 18.6. The summed E-state index contributed by atoms with van der Waals surface area (Å²) in [7, 11) is 0. The van der Waals surface area contributed by atoms with Gasteiger partial charge in [-0.15, -0.1) is 0 Å². The predicted molar refractivity (Wildman–Crippen MR) is 111 cm³/mol. The van der Waals surface area contributed by atoms with Crippen molar-refractivity contribution in [3.63, 3.8) is 0 Å². The summed E-state index contributed by atoms with van der Waals surface area (Å²) in [5.41, 5.74) is 0. The van der Waals surface area contributed by atoms with E-state index in [0.29, 0.717) is 0 Å². The number of aliphatic imine (C=N–C) groups is 1.